The van der Waals surface area contributed by atoms with Gasteiger partial charge in [-0.1, -0.05) is 0 Å². The smallest absolute Gasteiger partial charge is 0.325 e. The molecular weight excluding hydrogens is 190 g/mol. The van der Waals surface area contributed by atoms with E-state index in [0.29, 0.717) is 12.3 Å². The Balaban J connectivity index is 4.01. The lowest BCUT2D eigenvalue weighted by molar-refractivity contribution is -0.146. The number of likely N-dealkylation sites (N-methyl/N-ethyl adjacent to an activating group) is 1. The number of nitrogens with zero attached hydrogens (tertiary/aromatic N) is 1. The molecule has 0 atom stereocenters. The summed E-state index contributed by atoms with van der Waals surface area (Å²) in [6.45, 7) is 2.42. The molecular formula is C8H15NO3S. The average Bonchev–Trinajstić information content (AvgIpc) is 2.14. The molecule has 0 heterocycles. The van der Waals surface area contributed by atoms with Crippen LogP contribution in [0.2, 0.25) is 0 Å². The van der Waals surface area contributed by atoms with E-state index in [1.165, 1.54) is 23.8 Å². The Morgan fingerprint density at radius 3 is 2.46 bits per heavy atom. The second kappa shape index (κ2) is 6.77. The van der Waals surface area contributed by atoms with E-state index >= 15 is 0 Å². The topological polar surface area (TPSA) is 46.6 Å². The van der Waals surface area contributed by atoms with Crippen LogP contribution in [0.3, 0.4) is 0 Å². The molecule has 76 valence electrons. The Hall–Kier alpha value is -0.710. The maximum absolute atomic E-state index is 11.3. The summed E-state index contributed by atoms with van der Waals surface area (Å²) in [4.78, 5) is 23.7. The van der Waals surface area contributed by atoms with Gasteiger partial charge in [-0.25, -0.2) is 0 Å². The highest BCUT2D eigenvalue weighted by molar-refractivity contribution is 7.99. The van der Waals surface area contributed by atoms with Crippen LogP contribution in [-0.2, 0) is 14.3 Å². The number of amides is 1. The number of thioether (sulfide) groups is 1. The molecule has 0 spiro atoms. The highest BCUT2D eigenvalue weighted by atomic mass is 32.2. The molecule has 1 amide bonds. The van der Waals surface area contributed by atoms with Gasteiger partial charge < -0.3 is 9.64 Å². The molecule has 0 unspecified atom stereocenters. The molecule has 0 radical (unpaired) electrons. The first-order valence-electron chi connectivity index (χ1n) is 3.99. The molecule has 0 saturated heterocycles. The SMILES string of the molecule is CCN(CC(=O)OC)C(=O)CSC. The lowest BCUT2D eigenvalue weighted by Gasteiger charge is -2.18. The van der Waals surface area contributed by atoms with Crippen molar-refractivity contribution in [2.75, 3.05) is 32.2 Å². The minimum Gasteiger partial charge on any atom is -0.468 e. The Bertz CT molecular complexity index is 184. The summed E-state index contributed by atoms with van der Waals surface area (Å²) in [7, 11) is 1.31. The fraction of sp³-hybridized carbons (Fsp3) is 0.750. The molecule has 0 bridgehead atoms. The third-order valence-electron chi connectivity index (χ3n) is 1.55. The van der Waals surface area contributed by atoms with Crippen LogP contribution in [0, 0.1) is 0 Å². The fourth-order valence-corrected chi connectivity index (χ4v) is 1.24. The zero-order valence-corrected chi connectivity index (χ0v) is 9.02. The summed E-state index contributed by atoms with van der Waals surface area (Å²) >= 11 is 1.44. The molecule has 0 aromatic heterocycles. The van der Waals surface area contributed by atoms with Crippen LogP contribution in [-0.4, -0.2) is 49.0 Å². The molecule has 4 nitrogen and oxygen atoms in total. The lowest BCUT2D eigenvalue weighted by Crippen LogP contribution is -2.37. The van der Waals surface area contributed by atoms with Crippen LogP contribution in [0.25, 0.3) is 0 Å². The number of ether oxygens (including phenoxy) is 1. The van der Waals surface area contributed by atoms with Crippen LogP contribution in [0.1, 0.15) is 6.92 Å². The average molecular weight is 205 g/mol. The summed E-state index contributed by atoms with van der Waals surface area (Å²) in [5.41, 5.74) is 0. The van der Waals surface area contributed by atoms with Crippen molar-refractivity contribution in [2.24, 2.45) is 0 Å². The third-order valence-corrected chi connectivity index (χ3v) is 2.09. The van der Waals surface area contributed by atoms with E-state index in [9.17, 15) is 9.59 Å². The Morgan fingerprint density at radius 2 is 2.08 bits per heavy atom. The second-order valence-corrected chi connectivity index (χ2v) is 3.28. The van der Waals surface area contributed by atoms with Crippen molar-refractivity contribution in [2.45, 2.75) is 6.92 Å². The van der Waals surface area contributed by atoms with Crippen LogP contribution in [0.15, 0.2) is 0 Å². The van der Waals surface area contributed by atoms with Crippen LogP contribution in [0.4, 0.5) is 0 Å². The molecule has 0 aliphatic heterocycles. The zero-order valence-electron chi connectivity index (χ0n) is 8.20. The third kappa shape index (κ3) is 4.77. The number of esters is 1. The minimum atomic E-state index is -0.378. The molecule has 0 aromatic carbocycles. The first-order valence-corrected chi connectivity index (χ1v) is 5.38. The summed E-state index contributed by atoms with van der Waals surface area (Å²) in [6.07, 6.45) is 1.85. The molecule has 0 aromatic rings. The number of carbonyl (C=O) groups is 2. The van der Waals surface area contributed by atoms with Gasteiger partial charge in [-0.15, -0.1) is 0 Å². The maximum atomic E-state index is 11.3. The number of hydrogen-bond donors (Lipinski definition) is 0. The van der Waals surface area contributed by atoms with Crippen molar-refractivity contribution in [1.82, 2.24) is 4.90 Å². The number of hydrogen-bond acceptors (Lipinski definition) is 4. The van der Waals surface area contributed by atoms with Gasteiger partial charge in [-0.05, 0) is 13.2 Å². The number of carbonyl (C=O) groups excluding carboxylic acids is 2. The van der Waals surface area contributed by atoms with Crippen LogP contribution >= 0.6 is 11.8 Å². The van der Waals surface area contributed by atoms with Crippen molar-refractivity contribution in [3.8, 4) is 0 Å². The van der Waals surface area contributed by atoms with Crippen LogP contribution < -0.4 is 0 Å². The highest BCUT2D eigenvalue weighted by Gasteiger charge is 2.14. The van der Waals surface area contributed by atoms with Crippen molar-refractivity contribution >= 4 is 23.6 Å². The monoisotopic (exact) mass is 205 g/mol. The highest BCUT2D eigenvalue weighted by Crippen LogP contribution is 1.98. The molecule has 5 heteroatoms. The van der Waals surface area contributed by atoms with Gasteiger partial charge in [0.1, 0.15) is 6.54 Å². The van der Waals surface area contributed by atoms with E-state index in [1.807, 2.05) is 13.2 Å². The lowest BCUT2D eigenvalue weighted by atomic mass is 10.4. The first-order chi connectivity index (χ1) is 6.15. The van der Waals surface area contributed by atoms with Gasteiger partial charge in [0.2, 0.25) is 5.91 Å². The predicted octanol–water partition coefficient (Wildman–Crippen LogP) is 0.371. The second-order valence-electron chi connectivity index (χ2n) is 2.42. The predicted molar refractivity (Wildman–Crippen MR) is 52.7 cm³/mol. The zero-order chi connectivity index (χ0) is 10.3. The van der Waals surface area contributed by atoms with E-state index in [2.05, 4.69) is 4.74 Å². The van der Waals surface area contributed by atoms with E-state index < -0.39 is 0 Å². The summed E-state index contributed by atoms with van der Waals surface area (Å²) in [5, 5.41) is 0. The number of rotatable bonds is 5. The van der Waals surface area contributed by atoms with Crippen molar-refractivity contribution in [3.05, 3.63) is 0 Å². The molecule has 0 rings (SSSR count). The summed E-state index contributed by atoms with van der Waals surface area (Å²) < 4.78 is 4.47. The van der Waals surface area contributed by atoms with Gasteiger partial charge in [-0.3, -0.25) is 9.59 Å². The molecule has 0 saturated carbocycles. The van der Waals surface area contributed by atoms with E-state index in [1.54, 1.807) is 0 Å². The minimum absolute atomic E-state index is 0.0274. The van der Waals surface area contributed by atoms with Crippen molar-refractivity contribution < 1.29 is 14.3 Å². The van der Waals surface area contributed by atoms with E-state index in [-0.39, 0.29) is 18.4 Å². The van der Waals surface area contributed by atoms with Gasteiger partial charge >= 0.3 is 5.97 Å². The van der Waals surface area contributed by atoms with E-state index in [4.69, 9.17) is 0 Å². The first kappa shape index (κ1) is 12.3. The van der Waals surface area contributed by atoms with Crippen molar-refractivity contribution in [3.63, 3.8) is 0 Å². The van der Waals surface area contributed by atoms with Gasteiger partial charge in [-0.2, -0.15) is 11.8 Å². The van der Waals surface area contributed by atoms with Crippen molar-refractivity contribution in [1.29, 1.82) is 0 Å². The molecule has 0 aliphatic carbocycles. The quantitative estimate of drug-likeness (QED) is 0.608. The van der Waals surface area contributed by atoms with E-state index in [0.717, 1.165) is 0 Å². The Labute approximate surface area is 82.6 Å². The number of methoxy groups -OCH3 is 1. The fourth-order valence-electron chi connectivity index (χ4n) is 0.811. The van der Waals surface area contributed by atoms with Gasteiger partial charge in [0.25, 0.3) is 0 Å². The molecule has 0 aliphatic rings. The van der Waals surface area contributed by atoms with Gasteiger partial charge in [0.15, 0.2) is 0 Å². The largest absolute Gasteiger partial charge is 0.468 e. The maximum Gasteiger partial charge on any atom is 0.325 e. The molecule has 0 N–H and O–H groups in total. The Morgan fingerprint density at radius 1 is 1.46 bits per heavy atom. The normalized spacial score (nSPS) is 9.46. The van der Waals surface area contributed by atoms with Gasteiger partial charge in [0.05, 0.1) is 12.9 Å². The molecule has 0 fully saturated rings. The molecule has 13 heavy (non-hydrogen) atoms. The van der Waals surface area contributed by atoms with Gasteiger partial charge in [0, 0.05) is 6.54 Å². The summed E-state index contributed by atoms with van der Waals surface area (Å²) in [6, 6.07) is 0. The standard InChI is InChI=1S/C8H15NO3S/c1-4-9(5-8(11)12-2)7(10)6-13-3/h4-6H2,1-3H3. The Kier molecular flexibility index (Phi) is 6.40. The summed E-state index contributed by atoms with van der Waals surface area (Å²) in [5.74, 6) is 0.00174. The van der Waals surface area contributed by atoms with Crippen LogP contribution in [0.5, 0.6) is 0 Å².